The summed E-state index contributed by atoms with van der Waals surface area (Å²) in [5.74, 6) is -0.443. The zero-order valence-corrected chi connectivity index (χ0v) is 8.46. The Morgan fingerprint density at radius 2 is 1.71 bits per heavy atom. The van der Waals surface area contributed by atoms with Crippen LogP contribution in [0.1, 0.15) is 5.56 Å². The van der Waals surface area contributed by atoms with Crippen LogP contribution in [0.3, 0.4) is 0 Å². The van der Waals surface area contributed by atoms with Crippen molar-refractivity contribution in [2.45, 2.75) is 13.3 Å². The van der Waals surface area contributed by atoms with Crippen LogP contribution in [0.15, 0.2) is 12.1 Å². The third kappa shape index (κ3) is 2.96. The number of halogens is 5. The lowest BCUT2D eigenvalue weighted by Crippen LogP contribution is -2.17. The first kappa shape index (κ1) is 11.5. The molecule has 14 heavy (non-hydrogen) atoms. The normalized spacial score (nSPS) is 11.6. The van der Waals surface area contributed by atoms with Crippen LogP contribution in [0.25, 0.3) is 0 Å². The van der Waals surface area contributed by atoms with Crippen LogP contribution in [0.2, 0.25) is 10.0 Å². The van der Waals surface area contributed by atoms with Gasteiger partial charge in [-0.1, -0.05) is 23.2 Å². The molecule has 0 heterocycles. The Kier molecular flexibility index (Phi) is 3.17. The quantitative estimate of drug-likeness (QED) is 0.720. The van der Waals surface area contributed by atoms with Crippen molar-refractivity contribution in [3.05, 3.63) is 27.7 Å². The van der Waals surface area contributed by atoms with Crippen molar-refractivity contribution in [1.82, 2.24) is 0 Å². The highest BCUT2D eigenvalue weighted by molar-refractivity contribution is 6.35. The van der Waals surface area contributed by atoms with Crippen molar-refractivity contribution in [1.29, 1.82) is 0 Å². The van der Waals surface area contributed by atoms with Crippen LogP contribution >= 0.6 is 23.2 Å². The van der Waals surface area contributed by atoms with Crippen LogP contribution < -0.4 is 4.74 Å². The Morgan fingerprint density at radius 3 is 2.21 bits per heavy atom. The average molecular weight is 245 g/mol. The highest BCUT2D eigenvalue weighted by atomic mass is 35.5. The van der Waals surface area contributed by atoms with E-state index in [1.807, 2.05) is 0 Å². The summed E-state index contributed by atoms with van der Waals surface area (Å²) in [6.45, 7) is 1.56. The van der Waals surface area contributed by atoms with E-state index in [0.717, 1.165) is 6.07 Å². The predicted molar refractivity (Wildman–Crippen MR) is 47.9 cm³/mol. The van der Waals surface area contributed by atoms with Crippen LogP contribution in [0, 0.1) is 6.92 Å². The molecule has 0 N–H and O–H groups in total. The van der Waals surface area contributed by atoms with E-state index < -0.39 is 12.1 Å². The Labute approximate surface area is 88.4 Å². The molecule has 0 spiro atoms. The number of hydrogen-bond acceptors (Lipinski definition) is 1. The fourth-order valence-corrected chi connectivity index (χ4v) is 1.26. The minimum absolute atomic E-state index is 0.169. The second-order valence-electron chi connectivity index (χ2n) is 2.58. The highest BCUT2D eigenvalue weighted by Crippen LogP contribution is 2.34. The van der Waals surface area contributed by atoms with E-state index in [9.17, 15) is 13.2 Å². The number of rotatable bonds is 1. The second-order valence-corrected chi connectivity index (χ2v) is 3.39. The first-order chi connectivity index (χ1) is 6.29. The Balaban J connectivity index is 3.04. The molecule has 0 radical (unpaired) electrons. The lowest BCUT2D eigenvalue weighted by atomic mass is 10.2. The molecule has 1 rings (SSSR count). The van der Waals surface area contributed by atoms with Gasteiger partial charge in [0.2, 0.25) is 0 Å². The smallest absolute Gasteiger partial charge is 0.404 e. The summed E-state index contributed by atoms with van der Waals surface area (Å²) in [4.78, 5) is 0. The second kappa shape index (κ2) is 3.87. The topological polar surface area (TPSA) is 9.23 Å². The maximum absolute atomic E-state index is 11.8. The van der Waals surface area contributed by atoms with Gasteiger partial charge in [-0.2, -0.15) is 0 Å². The molecule has 0 aliphatic heterocycles. The van der Waals surface area contributed by atoms with Crippen molar-refractivity contribution in [3.63, 3.8) is 0 Å². The van der Waals surface area contributed by atoms with Crippen molar-refractivity contribution in [2.24, 2.45) is 0 Å². The summed E-state index contributed by atoms with van der Waals surface area (Å²) in [6.07, 6.45) is -4.75. The average Bonchev–Trinajstić information content (AvgIpc) is 1.97. The van der Waals surface area contributed by atoms with Crippen LogP contribution in [-0.4, -0.2) is 6.36 Å². The zero-order valence-electron chi connectivity index (χ0n) is 6.95. The molecule has 0 saturated heterocycles. The standard InChI is InChI=1S/C8H5Cl2F3O/c1-4-2-7(14-8(11,12)13)6(10)3-5(4)9/h2-3H,1H3. The molecule has 0 atom stereocenters. The number of benzene rings is 1. The summed E-state index contributed by atoms with van der Waals surface area (Å²) < 4.78 is 39.2. The first-order valence-corrected chi connectivity index (χ1v) is 4.26. The molecule has 1 aromatic rings. The summed E-state index contributed by atoms with van der Waals surface area (Å²) in [7, 11) is 0. The molecule has 0 aromatic heterocycles. The molecule has 1 aromatic carbocycles. The molecular weight excluding hydrogens is 240 g/mol. The zero-order chi connectivity index (χ0) is 10.9. The van der Waals surface area contributed by atoms with Gasteiger partial charge in [-0.05, 0) is 24.6 Å². The van der Waals surface area contributed by atoms with Crippen LogP contribution in [0.4, 0.5) is 13.2 Å². The molecule has 1 nitrogen and oxygen atoms in total. The molecule has 78 valence electrons. The SMILES string of the molecule is Cc1cc(OC(F)(F)F)c(Cl)cc1Cl. The Hall–Kier alpha value is -0.610. The lowest BCUT2D eigenvalue weighted by molar-refractivity contribution is -0.274. The molecule has 0 fully saturated rings. The fraction of sp³-hybridized carbons (Fsp3) is 0.250. The molecular formula is C8H5Cl2F3O. The van der Waals surface area contributed by atoms with Crippen LogP contribution in [-0.2, 0) is 0 Å². The van der Waals surface area contributed by atoms with Crippen molar-refractivity contribution >= 4 is 23.2 Å². The van der Waals surface area contributed by atoms with Gasteiger partial charge in [-0.3, -0.25) is 0 Å². The van der Waals surface area contributed by atoms with Gasteiger partial charge >= 0.3 is 6.36 Å². The van der Waals surface area contributed by atoms with Gasteiger partial charge in [-0.15, -0.1) is 13.2 Å². The largest absolute Gasteiger partial charge is 0.573 e. The molecule has 0 aliphatic rings. The predicted octanol–water partition coefficient (Wildman–Crippen LogP) is 4.20. The van der Waals surface area contributed by atoms with E-state index in [2.05, 4.69) is 4.74 Å². The van der Waals surface area contributed by atoms with Crippen molar-refractivity contribution < 1.29 is 17.9 Å². The van der Waals surface area contributed by atoms with E-state index in [1.54, 1.807) is 6.92 Å². The molecule has 0 unspecified atom stereocenters. The summed E-state index contributed by atoms with van der Waals surface area (Å²) in [6, 6.07) is 2.34. The van der Waals surface area contributed by atoms with E-state index in [-0.39, 0.29) is 5.02 Å². The first-order valence-electron chi connectivity index (χ1n) is 3.51. The summed E-state index contributed by atoms with van der Waals surface area (Å²) in [5, 5.41) is 0.127. The van der Waals surface area contributed by atoms with E-state index in [0.29, 0.717) is 10.6 Å². The maximum Gasteiger partial charge on any atom is 0.573 e. The third-order valence-corrected chi connectivity index (χ3v) is 2.14. The molecule has 6 heteroatoms. The van der Waals surface area contributed by atoms with Gasteiger partial charge in [0.25, 0.3) is 0 Å². The third-order valence-electron chi connectivity index (χ3n) is 1.44. The maximum atomic E-state index is 11.8. The van der Waals surface area contributed by atoms with Gasteiger partial charge in [0.05, 0.1) is 5.02 Å². The number of alkyl halides is 3. The number of hydrogen-bond donors (Lipinski definition) is 0. The monoisotopic (exact) mass is 244 g/mol. The van der Waals surface area contributed by atoms with Crippen molar-refractivity contribution in [3.8, 4) is 5.75 Å². The fourth-order valence-electron chi connectivity index (χ4n) is 0.834. The van der Waals surface area contributed by atoms with Gasteiger partial charge in [-0.25, -0.2) is 0 Å². The van der Waals surface area contributed by atoms with Crippen molar-refractivity contribution in [2.75, 3.05) is 0 Å². The lowest BCUT2D eigenvalue weighted by Gasteiger charge is -2.11. The van der Waals surface area contributed by atoms with Gasteiger partial charge < -0.3 is 4.74 Å². The highest BCUT2D eigenvalue weighted by Gasteiger charge is 2.32. The van der Waals surface area contributed by atoms with Gasteiger partial charge in [0, 0.05) is 5.02 Å². The minimum Gasteiger partial charge on any atom is -0.404 e. The Bertz CT molecular complexity index is 349. The van der Waals surface area contributed by atoms with Crippen LogP contribution in [0.5, 0.6) is 5.75 Å². The number of ether oxygens (including phenoxy) is 1. The van der Waals surface area contributed by atoms with Gasteiger partial charge in [0.15, 0.2) is 0 Å². The van der Waals surface area contributed by atoms with E-state index in [1.165, 1.54) is 6.07 Å². The molecule has 0 amide bonds. The molecule has 0 saturated carbocycles. The van der Waals surface area contributed by atoms with E-state index >= 15 is 0 Å². The summed E-state index contributed by atoms with van der Waals surface area (Å²) in [5.41, 5.74) is 0.468. The Morgan fingerprint density at radius 1 is 1.14 bits per heavy atom. The number of aryl methyl sites for hydroxylation is 1. The van der Waals surface area contributed by atoms with E-state index in [4.69, 9.17) is 23.2 Å². The molecule has 0 bridgehead atoms. The molecule has 0 aliphatic carbocycles. The minimum atomic E-state index is -4.75. The van der Waals surface area contributed by atoms with Gasteiger partial charge in [0.1, 0.15) is 5.75 Å². The summed E-state index contributed by atoms with van der Waals surface area (Å²) >= 11 is 11.1.